The van der Waals surface area contributed by atoms with Gasteiger partial charge in [-0.15, -0.1) is 0 Å². The van der Waals surface area contributed by atoms with Crippen LogP contribution in [0, 0.1) is 0 Å². The number of hydrogen-bond donors (Lipinski definition) is 0. The molecule has 0 nitrogen and oxygen atoms in total. The van der Waals surface area contributed by atoms with Crippen LogP contribution < -0.4 is 0 Å². The minimum atomic E-state index is 0.165. The van der Waals surface area contributed by atoms with Crippen molar-refractivity contribution in [1.29, 1.82) is 0 Å². The molecule has 0 fully saturated rings. The monoisotopic (exact) mass is 368 g/mol. The zero-order valence-electron chi connectivity index (χ0n) is 16.5. The number of halogens is 1. The quantitative estimate of drug-likeness (QED) is 0.368. The van der Waals surface area contributed by atoms with Crippen LogP contribution in [0.3, 0.4) is 0 Å². The number of unbranched alkanes of at least 4 members (excludes halogenated alkanes) is 6. The highest BCUT2D eigenvalue weighted by molar-refractivity contribution is 6.30. The van der Waals surface area contributed by atoms with E-state index in [2.05, 4.69) is 56.3 Å². The molecule has 0 aliphatic heterocycles. The van der Waals surface area contributed by atoms with E-state index in [9.17, 15) is 0 Å². The first kappa shape index (κ1) is 19.5. The Morgan fingerprint density at radius 3 is 1.96 bits per heavy atom. The average Bonchev–Trinajstić information content (AvgIpc) is 2.92. The van der Waals surface area contributed by atoms with E-state index in [1.165, 1.54) is 80.9 Å². The standard InChI is InChI=1S/C25H33Cl/c1-3-5-7-11-17-25(18-12-8-6-4-2)23-14-10-9-13-21(23)22-16-15-20(26)19-24(22)25/h9-10,13-16,19H,3-8,11-12,17-18H2,1-2H3. The van der Waals surface area contributed by atoms with Crippen LogP contribution in [-0.4, -0.2) is 0 Å². The highest BCUT2D eigenvalue weighted by atomic mass is 35.5. The largest absolute Gasteiger partial charge is 0.0843 e. The van der Waals surface area contributed by atoms with Crippen molar-refractivity contribution < 1.29 is 0 Å². The van der Waals surface area contributed by atoms with Crippen molar-refractivity contribution in [1.82, 2.24) is 0 Å². The van der Waals surface area contributed by atoms with Crippen molar-refractivity contribution >= 4 is 11.6 Å². The summed E-state index contributed by atoms with van der Waals surface area (Å²) in [6.07, 6.45) is 13.1. The molecule has 26 heavy (non-hydrogen) atoms. The van der Waals surface area contributed by atoms with Gasteiger partial charge in [-0.25, -0.2) is 0 Å². The Morgan fingerprint density at radius 2 is 1.31 bits per heavy atom. The second-order valence-corrected chi connectivity index (χ2v) is 8.38. The molecule has 1 heteroatoms. The van der Waals surface area contributed by atoms with Gasteiger partial charge in [-0.05, 0) is 47.2 Å². The van der Waals surface area contributed by atoms with Gasteiger partial charge in [0, 0.05) is 10.4 Å². The molecule has 0 saturated heterocycles. The summed E-state index contributed by atoms with van der Waals surface area (Å²) in [7, 11) is 0. The molecule has 3 rings (SSSR count). The second kappa shape index (κ2) is 9.09. The van der Waals surface area contributed by atoms with E-state index < -0.39 is 0 Å². The lowest BCUT2D eigenvalue weighted by Gasteiger charge is -2.33. The van der Waals surface area contributed by atoms with E-state index in [1.807, 2.05) is 0 Å². The van der Waals surface area contributed by atoms with E-state index in [0.717, 1.165) is 5.02 Å². The van der Waals surface area contributed by atoms with Crippen LogP contribution in [0.2, 0.25) is 5.02 Å². The summed E-state index contributed by atoms with van der Waals surface area (Å²) < 4.78 is 0. The van der Waals surface area contributed by atoms with Gasteiger partial charge in [0.15, 0.2) is 0 Å². The van der Waals surface area contributed by atoms with Crippen LogP contribution >= 0.6 is 11.6 Å². The highest BCUT2D eigenvalue weighted by Crippen LogP contribution is 2.54. The van der Waals surface area contributed by atoms with Crippen LogP contribution in [0.15, 0.2) is 42.5 Å². The summed E-state index contributed by atoms with van der Waals surface area (Å²) in [5, 5.41) is 0.878. The van der Waals surface area contributed by atoms with Gasteiger partial charge >= 0.3 is 0 Å². The fourth-order valence-electron chi connectivity index (χ4n) is 4.80. The summed E-state index contributed by atoms with van der Waals surface area (Å²) in [5.41, 5.74) is 6.05. The van der Waals surface area contributed by atoms with Crippen molar-refractivity contribution in [2.24, 2.45) is 0 Å². The third-order valence-corrected chi connectivity index (χ3v) is 6.38. The molecule has 0 radical (unpaired) electrons. The molecule has 0 spiro atoms. The topological polar surface area (TPSA) is 0 Å². The Kier molecular flexibility index (Phi) is 6.81. The molecule has 1 aliphatic carbocycles. The summed E-state index contributed by atoms with van der Waals surface area (Å²) in [6.45, 7) is 4.58. The predicted molar refractivity (Wildman–Crippen MR) is 115 cm³/mol. The molecule has 0 saturated carbocycles. The molecule has 2 aromatic rings. The first-order valence-electron chi connectivity index (χ1n) is 10.6. The van der Waals surface area contributed by atoms with E-state index >= 15 is 0 Å². The maximum Gasteiger partial charge on any atom is 0.0409 e. The van der Waals surface area contributed by atoms with Crippen molar-refractivity contribution in [2.75, 3.05) is 0 Å². The van der Waals surface area contributed by atoms with E-state index in [0.29, 0.717) is 0 Å². The minimum absolute atomic E-state index is 0.165. The highest BCUT2D eigenvalue weighted by Gasteiger charge is 2.41. The number of fused-ring (bicyclic) bond motifs is 3. The van der Waals surface area contributed by atoms with Crippen LogP contribution in [-0.2, 0) is 5.41 Å². The predicted octanol–water partition coefficient (Wildman–Crippen LogP) is 8.55. The van der Waals surface area contributed by atoms with Gasteiger partial charge in [0.25, 0.3) is 0 Å². The van der Waals surface area contributed by atoms with E-state index in [-0.39, 0.29) is 5.41 Å². The summed E-state index contributed by atoms with van der Waals surface area (Å²) in [4.78, 5) is 0. The van der Waals surface area contributed by atoms with Crippen LogP contribution in [0.5, 0.6) is 0 Å². The van der Waals surface area contributed by atoms with Crippen molar-refractivity contribution in [3.05, 3.63) is 58.6 Å². The van der Waals surface area contributed by atoms with Gasteiger partial charge < -0.3 is 0 Å². The van der Waals surface area contributed by atoms with Crippen LogP contribution in [0.4, 0.5) is 0 Å². The molecule has 140 valence electrons. The maximum absolute atomic E-state index is 6.46. The van der Waals surface area contributed by atoms with Crippen LogP contribution in [0.1, 0.15) is 89.2 Å². The molecular weight excluding hydrogens is 336 g/mol. The molecule has 0 N–H and O–H groups in total. The Labute approximate surface area is 165 Å². The van der Waals surface area contributed by atoms with Crippen molar-refractivity contribution in [3.8, 4) is 11.1 Å². The van der Waals surface area contributed by atoms with Gasteiger partial charge in [0.2, 0.25) is 0 Å². The third kappa shape index (κ3) is 3.86. The van der Waals surface area contributed by atoms with E-state index in [4.69, 9.17) is 11.6 Å². The smallest absolute Gasteiger partial charge is 0.0409 e. The lowest BCUT2D eigenvalue weighted by molar-refractivity contribution is 0.401. The third-order valence-electron chi connectivity index (χ3n) is 6.14. The molecular formula is C25H33Cl. The number of rotatable bonds is 10. The van der Waals surface area contributed by atoms with E-state index in [1.54, 1.807) is 5.56 Å². The Hall–Kier alpha value is -1.27. The summed E-state index contributed by atoms with van der Waals surface area (Å²) in [5.74, 6) is 0. The Morgan fingerprint density at radius 1 is 0.692 bits per heavy atom. The molecule has 0 atom stereocenters. The molecule has 2 aromatic carbocycles. The van der Waals surface area contributed by atoms with Crippen molar-refractivity contribution in [3.63, 3.8) is 0 Å². The molecule has 0 amide bonds. The molecule has 0 heterocycles. The fourth-order valence-corrected chi connectivity index (χ4v) is 4.97. The SMILES string of the molecule is CCCCCCC1(CCCCCC)c2ccccc2-c2ccc(Cl)cc21. The molecule has 1 aliphatic rings. The van der Waals surface area contributed by atoms with Crippen molar-refractivity contribution in [2.45, 2.75) is 83.5 Å². The number of benzene rings is 2. The van der Waals surface area contributed by atoms with Gasteiger partial charge in [0.1, 0.15) is 0 Å². The van der Waals surface area contributed by atoms with Gasteiger partial charge in [-0.1, -0.05) is 107 Å². The Bertz CT molecular complexity index is 704. The zero-order chi connectivity index (χ0) is 18.4. The molecule has 0 aromatic heterocycles. The number of hydrogen-bond acceptors (Lipinski definition) is 0. The summed E-state index contributed by atoms with van der Waals surface area (Å²) >= 11 is 6.46. The van der Waals surface area contributed by atoms with Gasteiger partial charge in [-0.2, -0.15) is 0 Å². The average molecular weight is 369 g/mol. The first-order chi connectivity index (χ1) is 12.7. The zero-order valence-corrected chi connectivity index (χ0v) is 17.2. The first-order valence-corrected chi connectivity index (χ1v) is 11.0. The Balaban J connectivity index is 1.98. The fraction of sp³-hybridized carbons (Fsp3) is 0.520. The molecule has 0 unspecified atom stereocenters. The van der Waals surface area contributed by atoms with Gasteiger partial charge in [-0.3, -0.25) is 0 Å². The lowest BCUT2D eigenvalue weighted by atomic mass is 9.70. The lowest BCUT2D eigenvalue weighted by Crippen LogP contribution is -2.25. The van der Waals surface area contributed by atoms with Gasteiger partial charge in [0.05, 0.1) is 0 Å². The van der Waals surface area contributed by atoms with Crippen LogP contribution in [0.25, 0.3) is 11.1 Å². The maximum atomic E-state index is 6.46. The second-order valence-electron chi connectivity index (χ2n) is 7.94. The minimum Gasteiger partial charge on any atom is -0.0843 e. The summed E-state index contributed by atoms with van der Waals surface area (Å²) in [6, 6.07) is 15.7. The normalized spacial score (nSPS) is 14.3. The molecule has 0 bridgehead atoms.